The number of rotatable bonds is 4. The Morgan fingerprint density at radius 1 is 1.35 bits per heavy atom. The lowest BCUT2D eigenvalue weighted by Gasteiger charge is -2.28. The molecule has 4 heteroatoms. The fraction of sp³-hybridized carbons (Fsp3) is 0.562. The number of carbonyl (C=O) groups excluding carboxylic acids is 1. The molecule has 0 saturated heterocycles. The molecule has 0 aliphatic heterocycles. The minimum absolute atomic E-state index is 0.00789. The topological polar surface area (TPSA) is 58.4 Å². The molecule has 0 radical (unpaired) electrons. The van der Waals surface area contributed by atoms with Crippen LogP contribution in [0.25, 0.3) is 0 Å². The van der Waals surface area contributed by atoms with Gasteiger partial charge < -0.3 is 16.0 Å². The van der Waals surface area contributed by atoms with Crippen molar-refractivity contribution in [1.29, 1.82) is 0 Å². The van der Waals surface area contributed by atoms with E-state index >= 15 is 0 Å². The fourth-order valence-electron chi connectivity index (χ4n) is 2.74. The minimum Gasteiger partial charge on any atom is -0.378 e. The summed E-state index contributed by atoms with van der Waals surface area (Å²) in [5, 5.41) is 3.03. The second-order valence-electron chi connectivity index (χ2n) is 5.86. The summed E-state index contributed by atoms with van der Waals surface area (Å²) in [5.74, 6) is 0.413. The number of nitrogens with one attached hydrogen (secondary N) is 1. The second-order valence-corrected chi connectivity index (χ2v) is 5.86. The van der Waals surface area contributed by atoms with Crippen LogP contribution in [0.1, 0.15) is 36.0 Å². The van der Waals surface area contributed by atoms with Crippen molar-refractivity contribution >= 4 is 11.6 Å². The van der Waals surface area contributed by atoms with Crippen LogP contribution in [0.5, 0.6) is 0 Å². The van der Waals surface area contributed by atoms with Crippen molar-refractivity contribution in [3.05, 3.63) is 29.8 Å². The van der Waals surface area contributed by atoms with Gasteiger partial charge in [0.1, 0.15) is 0 Å². The third-order valence-corrected chi connectivity index (χ3v) is 4.12. The van der Waals surface area contributed by atoms with Crippen LogP contribution in [0, 0.1) is 5.92 Å². The molecule has 1 aliphatic carbocycles. The van der Waals surface area contributed by atoms with Crippen LogP contribution < -0.4 is 16.0 Å². The number of hydrogen-bond acceptors (Lipinski definition) is 3. The minimum atomic E-state index is -0.00789. The first-order valence-corrected chi connectivity index (χ1v) is 7.39. The highest BCUT2D eigenvalue weighted by Gasteiger charge is 2.22. The number of nitrogens with two attached hydrogens (primary N) is 1. The standard InChI is InChI=1S/C16H25N3O/c1-19(2)14-8-5-7-12(10-14)16(20)18-11-13-6-3-4-9-15(13)17/h5,7-8,10,13,15H,3-4,6,9,11,17H2,1-2H3,(H,18,20). The number of hydrogen-bond donors (Lipinski definition) is 2. The van der Waals surface area contributed by atoms with Gasteiger partial charge in [-0.25, -0.2) is 0 Å². The van der Waals surface area contributed by atoms with Crippen molar-refractivity contribution in [2.45, 2.75) is 31.7 Å². The van der Waals surface area contributed by atoms with E-state index in [4.69, 9.17) is 5.73 Å². The fourth-order valence-corrected chi connectivity index (χ4v) is 2.74. The Balaban J connectivity index is 1.92. The van der Waals surface area contributed by atoms with Crippen molar-refractivity contribution in [3.63, 3.8) is 0 Å². The molecule has 20 heavy (non-hydrogen) atoms. The Labute approximate surface area is 121 Å². The predicted molar refractivity (Wildman–Crippen MR) is 83.0 cm³/mol. The number of amides is 1. The molecule has 1 saturated carbocycles. The van der Waals surface area contributed by atoms with E-state index in [-0.39, 0.29) is 11.9 Å². The van der Waals surface area contributed by atoms with Gasteiger partial charge in [0.2, 0.25) is 0 Å². The van der Waals surface area contributed by atoms with Gasteiger partial charge in [-0.1, -0.05) is 18.9 Å². The molecule has 3 N–H and O–H groups in total. The van der Waals surface area contributed by atoms with Crippen molar-refractivity contribution in [2.75, 3.05) is 25.5 Å². The van der Waals surface area contributed by atoms with E-state index < -0.39 is 0 Å². The average Bonchev–Trinajstić information content (AvgIpc) is 2.46. The first-order chi connectivity index (χ1) is 9.58. The lowest BCUT2D eigenvalue weighted by atomic mass is 9.85. The highest BCUT2D eigenvalue weighted by atomic mass is 16.1. The quantitative estimate of drug-likeness (QED) is 0.883. The van der Waals surface area contributed by atoms with E-state index in [1.807, 2.05) is 43.3 Å². The molecule has 1 amide bonds. The summed E-state index contributed by atoms with van der Waals surface area (Å²) < 4.78 is 0. The zero-order valence-electron chi connectivity index (χ0n) is 12.4. The molecular weight excluding hydrogens is 250 g/mol. The van der Waals surface area contributed by atoms with Crippen molar-refractivity contribution in [2.24, 2.45) is 11.7 Å². The van der Waals surface area contributed by atoms with E-state index in [1.165, 1.54) is 12.8 Å². The summed E-state index contributed by atoms with van der Waals surface area (Å²) >= 11 is 0. The average molecular weight is 275 g/mol. The highest BCUT2D eigenvalue weighted by Crippen LogP contribution is 2.22. The van der Waals surface area contributed by atoms with E-state index in [1.54, 1.807) is 0 Å². The largest absolute Gasteiger partial charge is 0.378 e. The number of nitrogens with zero attached hydrogens (tertiary/aromatic N) is 1. The van der Waals surface area contributed by atoms with Gasteiger partial charge in [-0.3, -0.25) is 4.79 Å². The lowest BCUT2D eigenvalue weighted by molar-refractivity contribution is 0.0941. The summed E-state index contributed by atoms with van der Waals surface area (Å²) in [6.07, 6.45) is 4.65. The maximum Gasteiger partial charge on any atom is 0.251 e. The number of carbonyl (C=O) groups is 1. The Hall–Kier alpha value is -1.55. The monoisotopic (exact) mass is 275 g/mol. The molecule has 0 spiro atoms. The van der Waals surface area contributed by atoms with Crippen molar-refractivity contribution < 1.29 is 4.79 Å². The summed E-state index contributed by atoms with van der Waals surface area (Å²) in [6.45, 7) is 0.687. The zero-order chi connectivity index (χ0) is 14.5. The first-order valence-electron chi connectivity index (χ1n) is 7.39. The van der Waals surface area contributed by atoms with Gasteiger partial charge in [-0.05, 0) is 37.0 Å². The molecule has 110 valence electrons. The van der Waals surface area contributed by atoms with Gasteiger partial charge in [0.05, 0.1) is 0 Å². The first kappa shape index (κ1) is 14.9. The summed E-state index contributed by atoms with van der Waals surface area (Å²) in [4.78, 5) is 14.2. The summed E-state index contributed by atoms with van der Waals surface area (Å²) in [5.41, 5.74) is 7.85. The number of benzene rings is 1. The van der Waals surface area contributed by atoms with Crippen LogP contribution in [0.2, 0.25) is 0 Å². The van der Waals surface area contributed by atoms with Crippen molar-refractivity contribution in [1.82, 2.24) is 5.32 Å². The van der Waals surface area contributed by atoms with E-state index in [9.17, 15) is 4.79 Å². The molecule has 2 atom stereocenters. The Morgan fingerprint density at radius 3 is 2.80 bits per heavy atom. The molecule has 2 rings (SSSR count). The Kier molecular flexibility index (Phi) is 5.01. The SMILES string of the molecule is CN(C)c1cccc(C(=O)NCC2CCCCC2N)c1. The van der Waals surface area contributed by atoms with Gasteiger partial charge in [-0.2, -0.15) is 0 Å². The summed E-state index contributed by atoms with van der Waals surface area (Å²) in [6, 6.07) is 7.90. The molecule has 0 aromatic heterocycles. The molecule has 0 bridgehead atoms. The van der Waals surface area contributed by atoms with Crippen LogP contribution in [0.3, 0.4) is 0 Å². The second kappa shape index (κ2) is 6.75. The van der Waals surface area contributed by atoms with Crippen LogP contribution in [-0.2, 0) is 0 Å². The van der Waals surface area contributed by atoms with Crippen LogP contribution in [-0.4, -0.2) is 32.6 Å². The van der Waals surface area contributed by atoms with E-state index in [2.05, 4.69) is 5.32 Å². The van der Waals surface area contributed by atoms with Crippen LogP contribution in [0.15, 0.2) is 24.3 Å². The van der Waals surface area contributed by atoms with Gasteiger partial charge in [0.15, 0.2) is 0 Å². The Bertz CT molecular complexity index is 459. The van der Waals surface area contributed by atoms with Gasteiger partial charge in [-0.15, -0.1) is 0 Å². The molecule has 2 unspecified atom stereocenters. The molecule has 1 aromatic rings. The summed E-state index contributed by atoms with van der Waals surface area (Å²) in [7, 11) is 3.94. The van der Waals surface area contributed by atoms with Crippen molar-refractivity contribution in [3.8, 4) is 0 Å². The van der Waals surface area contributed by atoms with Gasteiger partial charge >= 0.3 is 0 Å². The normalized spacial score (nSPS) is 22.4. The highest BCUT2D eigenvalue weighted by molar-refractivity contribution is 5.95. The maximum absolute atomic E-state index is 12.2. The maximum atomic E-state index is 12.2. The molecule has 4 nitrogen and oxygen atoms in total. The third kappa shape index (κ3) is 3.73. The number of anilines is 1. The van der Waals surface area contributed by atoms with E-state index in [0.29, 0.717) is 18.0 Å². The molecule has 1 fully saturated rings. The lowest BCUT2D eigenvalue weighted by Crippen LogP contribution is -2.41. The molecule has 1 aliphatic rings. The van der Waals surface area contributed by atoms with Gasteiger partial charge in [0.25, 0.3) is 5.91 Å². The van der Waals surface area contributed by atoms with Crippen LogP contribution in [0.4, 0.5) is 5.69 Å². The molecular formula is C16H25N3O. The van der Waals surface area contributed by atoms with Gasteiger partial charge in [0, 0.05) is 37.9 Å². The Morgan fingerprint density at radius 2 is 2.10 bits per heavy atom. The molecule has 0 heterocycles. The predicted octanol–water partition coefficient (Wildman–Crippen LogP) is 2.00. The molecule has 1 aromatic carbocycles. The van der Waals surface area contributed by atoms with E-state index in [0.717, 1.165) is 18.5 Å². The zero-order valence-corrected chi connectivity index (χ0v) is 12.4. The van der Waals surface area contributed by atoms with Crippen LogP contribution >= 0.6 is 0 Å². The smallest absolute Gasteiger partial charge is 0.251 e. The third-order valence-electron chi connectivity index (χ3n) is 4.12.